The quantitative estimate of drug-likeness (QED) is 0.155. The molecule has 1 N–H and O–H groups in total. The van der Waals surface area contributed by atoms with Gasteiger partial charge in [0.25, 0.3) is 10.0 Å². The fourth-order valence-corrected chi connectivity index (χ4v) is 5.65. The molecule has 0 aliphatic carbocycles. The molecule has 2 heterocycles. The lowest BCUT2D eigenvalue weighted by Gasteiger charge is -2.19. The molecule has 5 aromatic rings. The van der Waals surface area contributed by atoms with Gasteiger partial charge in [-0.05, 0) is 60.1 Å². The molecular weight excluding hydrogens is 586 g/mol. The summed E-state index contributed by atoms with van der Waals surface area (Å²) in [7, 11) is -3.96. The first kappa shape index (κ1) is 31.6. The average Bonchev–Trinajstić information content (AvgIpc) is 3.03. The molecule has 3 aromatic carbocycles. The lowest BCUT2D eigenvalue weighted by molar-refractivity contribution is 0.201. The minimum atomic E-state index is -3.96. The van der Waals surface area contributed by atoms with Gasteiger partial charge in [0.05, 0.1) is 10.5 Å². The van der Waals surface area contributed by atoms with Crippen molar-refractivity contribution in [2.24, 2.45) is 0 Å². The highest BCUT2D eigenvalue weighted by Gasteiger charge is 2.22. The number of benzene rings is 3. The molecule has 0 radical (unpaired) electrons. The Kier molecular flexibility index (Phi) is 9.73. The molecular formula is C35H37N5O4S. The monoisotopic (exact) mass is 623 g/mol. The third-order valence-corrected chi connectivity index (χ3v) is 8.53. The van der Waals surface area contributed by atoms with E-state index in [2.05, 4.69) is 57.6 Å². The zero-order chi connectivity index (χ0) is 31.9. The Bertz CT molecular complexity index is 1820. The second-order valence-corrected chi connectivity index (χ2v) is 13.3. The van der Waals surface area contributed by atoms with Crippen molar-refractivity contribution < 1.29 is 17.9 Å². The van der Waals surface area contributed by atoms with E-state index in [4.69, 9.17) is 9.47 Å². The number of aryl methyl sites for hydroxylation is 3. The zero-order valence-corrected chi connectivity index (χ0v) is 26.7. The van der Waals surface area contributed by atoms with Crippen LogP contribution in [-0.4, -0.2) is 41.6 Å². The van der Waals surface area contributed by atoms with Crippen molar-refractivity contribution >= 4 is 15.8 Å². The molecule has 0 bridgehead atoms. The second-order valence-electron chi connectivity index (χ2n) is 11.7. The molecule has 0 fully saturated rings. The highest BCUT2D eigenvalue weighted by Crippen LogP contribution is 2.35. The van der Waals surface area contributed by atoms with Crippen LogP contribution >= 0.6 is 0 Å². The van der Waals surface area contributed by atoms with E-state index in [9.17, 15) is 8.42 Å². The number of nitrogens with one attached hydrogen (secondary N) is 1. The van der Waals surface area contributed by atoms with Crippen molar-refractivity contribution in [3.05, 3.63) is 120 Å². The standard InChI is InChI=1S/C35H37N5O4S/c1-25-10-13-27(14-11-25)31-32(40-45(41,42)30-18-15-28(16-19-30)35(2,3)4)37-24-38-33(31)43-22-23-44-34-36-21-20-29(39-34)17-12-26-8-6-5-7-9-26/h5-11,13-16,18-21,24H,12,17,22-23H2,1-4H3,(H,37,38,40). The summed E-state index contributed by atoms with van der Waals surface area (Å²) in [4.78, 5) is 17.5. The number of rotatable bonds is 12. The van der Waals surface area contributed by atoms with Gasteiger partial charge in [0.15, 0.2) is 5.82 Å². The van der Waals surface area contributed by atoms with E-state index in [1.807, 2.05) is 67.6 Å². The third-order valence-electron chi connectivity index (χ3n) is 7.17. The van der Waals surface area contributed by atoms with Crippen molar-refractivity contribution in [3.8, 4) is 23.0 Å². The summed E-state index contributed by atoms with van der Waals surface area (Å²) >= 11 is 0. The summed E-state index contributed by atoms with van der Waals surface area (Å²) in [5.74, 6) is 0.329. The Labute approximate surface area is 264 Å². The van der Waals surface area contributed by atoms with Crippen molar-refractivity contribution in [2.45, 2.75) is 50.8 Å². The minimum Gasteiger partial charge on any atom is -0.473 e. The first-order chi connectivity index (χ1) is 21.6. The topological polar surface area (TPSA) is 116 Å². The molecule has 0 spiro atoms. The maximum atomic E-state index is 13.4. The van der Waals surface area contributed by atoms with Gasteiger partial charge in [0.2, 0.25) is 5.88 Å². The molecule has 232 valence electrons. The second kappa shape index (κ2) is 13.9. The molecule has 0 amide bonds. The van der Waals surface area contributed by atoms with E-state index < -0.39 is 10.0 Å². The van der Waals surface area contributed by atoms with E-state index in [1.54, 1.807) is 18.3 Å². The summed E-state index contributed by atoms with van der Waals surface area (Å²) in [5.41, 5.74) is 5.23. The Balaban J connectivity index is 1.30. The summed E-state index contributed by atoms with van der Waals surface area (Å²) in [6.07, 6.45) is 4.58. The molecule has 5 rings (SSSR count). The molecule has 0 saturated heterocycles. The maximum absolute atomic E-state index is 13.4. The summed E-state index contributed by atoms with van der Waals surface area (Å²) < 4.78 is 41.3. The van der Waals surface area contributed by atoms with Crippen LogP contribution in [-0.2, 0) is 28.3 Å². The van der Waals surface area contributed by atoms with Crippen LogP contribution in [0.5, 0.6) is 11.9 Å². The molecule has 2 aromatic heterocycles. The Morgan fingerprint density at radius 1 is 0.778 bits per heavy atom. The number of ether oxygens (including phenoxy) is 2. The summed E-state index contributed by atoms with van der Waals surface area (Å²) in [6.45, 7) is 8.48. The van der Waals surface area contributed by atoms with Crippen LogP contribution in [0.2, 0.25) is 0 Å². The van der Waals surface area contributed by atoms with Crippen LogP contribution in [0.3, 0.4) is 0 Å². The number of sulfonamides is 1. The van der Waals surface area contributed by atoms with Gasteiger partial charge in [0, 0.05) is 11.9 Å². The van der Waals surface area contributed by atoms with E-state index >= 15 is 0 Å². The van der Waals surface area contributed by atoms with Crippen molar-refractivity contribution in [2.75, 3.05) is 17.9 Å². The van der Waals surface area contributed by atoms with Crippen molar-refractivity contribution in [3.63, 3.8) is 0 Å². The Morgan fingerprint density at radius 2 is 1.49 bits per heavy atom. The maximum Gasteiger partial charge on any atom is 0.316 e. The lowest BCUT2D eigenvalue weighted by Crippen LogP contribution is -2.17. The highest BCUT2D eigenvalue weighted by molar-refractivity contribution is 7.92. The number of hydrogen-bond donors (Lipinski definition) is 1. The fourth-order valence-electron chi connectivity index (χ4n) is 4.63. The number of anilines is 1. The van der Waals surface area contributed by atoms with Crippen LogP contribution in [0.15, 0.2) is 102 Å². The fraction of sp³-hybridized carbons (Fsp3) is 0.257. The van der Waals surface area contributed by atoms with Crippen LogP contribution in [0.1, 0.15) is 43.2 Å². The largest absolute Gasteiger partial charge is 0.473 e. The Morgan fingerprint density at radius 3 is 2.20 bits per heavy atom. The molecule has 0 unspecified atom stereocenters. The van der Waals surface area contributed by atoms with Gasteiger partial charge in [-0.25, -0.2) is 28.4 Å². The van der Waals surface area contributed by atoms with Crippen LogP contribution < -0.4 is 14.2 Å². The van der Waals surface area contributed by atoms with Crippen LogP contribution in [0, 0.1) is 6.92 Å². The van der Waals surface area contributed by atoms with Crippen LogP contribution in [0.25, 0.3) is 11.1 Å². The average molecular weight is 624 g/mol. The summed E-state index contributed by atoms with van der Waals surface area (Å²) in [5, 5.41) is 0. The molecule has 9 nitrogen and oxygen atoms in total. The minimum absolute atomic E-state index is 0.103. The van der Waals surface area contributed by atoms with Gasteiger partial charge in [-0.2, -0.15) is 0 Å². The predicted octanol–water partition coefficient (Wildman–Crippen LogP) is 6.58. The van der Waals surface area contributed by atoms with Crippen LogP contribution in [0.4, 0.5) is 5.82 Å². The Hall–Kier alpha value is -4.83. The molecule has 0 saturated carbocycles. The first-order valence-electron chi connectivity index (χ1n) is 14.8. The smallest absolute Gasteiger partial charge is 0.316 e. The molecule has 45 heavy (non-hydrogen) atoms. The van der Waals surface area contributed by atoms with Gasteiger partial charge >= 0.3 is 6.01 Å². The zero-order valence-electron chi connectivity index (χ0n) is 25.9. The van der Waals surface area contributed by atoms with E-state index in [1.165, 1.54) is 11.9 Å². The number of hydrogen-bond acceptors (Lipinski definition) is 8. The van der Waals surface area contributed by atoms with Gasteiger partial charge in [-0.1, -0.05) is 93.1 Å². The van der Waals surface area contributed by atoms with Crippen molar-refractivity contribution in [1.29, 1.82) is 0 Å². The van der Waals surface area contributed by atoms with Gasteiger partial charge in [0.1, 0.15) is 19.5 Å². The molecule has 0 atom stereocenters. The normalized spacial score (nSPS) is 11.6. The molecule has 0 aliphatic rings. The number of nitrogens with zero attached hydrogens (tertiary/aromatic N) is 4. The van der Waals surface area contributed by atoms with E-state index in [0.717, 1.165) is 29.7 Å². The van der Waals surface area contributed by atoms with Gasteiger partial charge in [-0.15, -0.1) is 0 Å². The molecule has 0 aliphatic heterocycles. The predicted molar refractivity (Wildman–Crippen MR) is 175 cm³/mol. The van der Waals surface area contributed by atoms with E-state index in [-0.39, 0.29) is 41.2 Å². The van der Waals surface area contributed by atoms with Gasteiger partial charge in [-0.3, -0.25) is 4.72 Å². The first-order valence-corrected chi connectivity index (χ1v) is 16.2. The lowest BCUT2D eigenvalue weighted by atomic mass is 9.87. The SMILES string of the molecule is Cc1ccc(-c2c(NS(=O)(=O)c3ccc(C(C)(C)C)cc3)ncnc2OCCOc2nccc(CCc3ccccc3)n2)cc1. The molecule has 10 heteroatoms. The van der Waals surface area contributed by atoms with E-state index in [0.29, 0.717) is 11.1 Å². The third kappa shape index (κ3) is 8.42. The van der Waals surface area contributed by atoms with Crippen molar-refractivity contribution in [1.82, 2.24) is 19.9 Å². The number of aromatic nitrogens is 4. The highest BCUT2D eigenvalue weighted by atomic mass is 32.2. The van der Waals surface area contributed by atoms with Gasteiger partial charge < -0.3 is 9.47 Å². The summed E-state index contributed by atoms with van der Waals surface area (Å²) in [6, 6.07) is 26.8.